The van der Waals surface area contributed by atoms with Gasteiger partial charge in [0.25, 0.3) is 0 Å². The monoisotopic (exact) mass is 336 g/mol. The van der Waals surface area contributed by atoms with E-state index in [1.54, 1.807) is 0 Å². The van der Waals surface area contributed by atoms with Crippen molar-refractivity contribution in [3.8, 4) is 0 Å². The molecule has 0 heterocycles. The molecule has 2 nitrogen and oxygen atoms in total. The minimum Gasteiger partial charge on any atom is -0.393 e. The summed E-state index contributed by atoms with van der Waals surface area (Å²) in [6.07, 6.45) is 13.3. The first-order valence-electron chi connectivity index (χ1n) is 10.8. The highest BCUT2D eigenvalue weighted by molar-refractivity contribution is 4.96. The van der Waals surface area contributed by atoms with Gasteiger partial charge in [0, 0.05) is 0 Å². The second-order valence-corrected chi connectivity index (χ2v) is 10.0. The summed E-state index contributed by atoms with van der Waals surface area (Å²) in [6, 6.07) is 0. The Morgan fingerprint density at radius 3 is 2.04 bits per heavy atom. The lowest BCUT2D eigenvalue weighted by molar-refractivity contribution is -0.0703. The van der Waals surface area contributed by atoms with Crippen molar-refractivity contribution in [2.24, 2.45) is 35.0 Å². The number of hydrogen-bond acceptors (Lipinski definition) is 2. The third-order valence-electron chi connectivity index (χ3n) is 8.28. The molecule has 0 aromatic rings. The third kappa shape index (κ3) is 3.85. The van der Waals surface area contributed by atoms with Crippen molar-refractivity contribution >= 4 is 0 Å². The number of aliphatic hydroxyl groups is 2. The molecule has 0 saturated heterocycles. The Morgan fingerprint density at radius 2 is 1.42 bits per heavy atom. The summed E-state index contributed by atoms with van der Waals surface area (Å²) >= 11 is 0. The molecule has 0 spiro atoms. The minimum absolute atomic E-state index is 0.0577. The lowest BCUT2D eigenvalue weighted by Crippen LogP contribution is -2.46. The van der Waals surface area contributed by atoms with Gasteiger partial charge >= 0.3 is 0 Å². The van der Waals surface area contributed by atoms with Gasteiger partial charge < -0.3 is 10.2 Å². The highest BCUT2D eigenvalue weighted by Gasteiger charge is 2.47. The summed E-state index contributed by atoms with van der Waals surface area (Å²) in [6.45, 7) is 7.36. The first kappa shape index (κ1) is 18.7. The largest absolute Gasteiger partial charge is 0.393 e. The Morgan fingerprint density at radius 1 is 0.792 bits per heavy atom. The van der Waals surface area contributed by atoms with E-state index in [1.807, 2.05) is 0 Å². The summed E-state index contributed by atoms with van der Waals surface area (Å²) in [5, 5.41) is 20.7. The van der Waals surface area contributed by atoms with E-state index in [-0.39, 0.29) is 12.2 Å². The molecule has 24 heavy (non-hydrogen) atoms. The van der Waals surface area contributed by atoms with Crippen molar-refractivity contribution in [2.75, 3.05) is 0 Å². The molecule has 0 aromatic carbocycles. The molecule has 3 aliphatic rings. The fourth-order valence-electron chi connectivity index (χ4n) is 6.63. The molecule has 4 atom stereocenters. The molecular formula is C22H40O2. The molecular weight excluding hydrogens is 296 g/mol. The maximum atomic E-state index is 10.8. The van der Waals surface area contributed by atoms with E-state index in [0.29, 0.717) is 17.3 Å². The summed E-state index contributed by atoms with van der Waals surface area (Å²) in [5.41, 5.74) is 0.340. The minimum atomic E-state index is -0.0664. The SMILES string of the molecule is CC1CC(O)C(C2CCCCC2)CC1C(C)(C)C1CCC(O)CC1. The lowest BCUT2D eigenvalue weighted by Gasteiger charge is -2.52. The highest BCUT2D eigenvalue weighted by Crippen LogP contribution is 2.53. The zero-order chi connectivity index (χ0) is 17.3. The van der Waals surface area contributed by atoms with Crippen molar-refractivity contribution < 1.29 is 10.2 Å². The molecule has 0 aliphatic heterocycles. The van der Waals surface area contributed by atoms with Gasteiger partial charge in [0.05, 0.1) is 12.2 Å². The van der Waals surface area contributed by atoms with Crippen LogP contribution in [0.3, 0.4) is 0 Å². The quantitative estimate of drug-likeness (QED) is 0.746. The molecule has 3 saturated carbocycles. The van der Waals surface area contributed by atoms with Gasteiger partial charge in [0.1, 0.15) is 0 Å². The zero-order valence-corrected chi connectivity index (χ0v) is 16.2. The molecule has 3 rings (SSSR count). The van der Waals surface area contributed by atoms with Gasteiger partial charge in [-0.05, 0) is 73.5 Å². The van der Waals surface area contributed by atoms with Crippen molar-refractivity contribution in [3.63, 3.8) is 0 Å². The van der Waals surface area contributed by atoms with Gasteiger partial charge in [-0.1, -0.05) is 52.9 Å². The maximum absolute atomic E-state index is 10.8. The van der Waals surface area contributed by atoms with Gasteiger partial charge in [-0.15, -0.1) is 0 Å². The highest BCUT2D eigenvalue weighted by atomic mass is 16.3. The van der Waals surface area contributed by atoms with Gasteiger partial charge in [-0.25, -0.2) is 0 Å². The van der Waals surface area contributed by atoms with Crippen molar-refractivity contribution in [1.82, 2.24) is 0 Å². The second-order valence-electron chi connectivity index (χ2n) is 10.0. The average molecular weight is 337 g/mol. The second kappa shape index (κ2) is 7.66. The first-order valence-corrected chi connectivity index (χ1v) is 10.8. The first-order chi connectivity index (χ1) is 11.4. The smallest absolute Gasteiger partial charge is 0.0573 e. The Hall–Kier alpha value is -0.0800. The molecule has 2 N–H and O–H groups in total. The topological polar surface area (TPSA) is 40.5 Å². The van der Waals surface area contributed by atoms with Crippen LogP contribution < -0.4 is 0 Å². The van der Waals surface area contributed by atoms with Crippen LogP contribution in [0, 0.1) is 35.0 Å². The summed E-state index contributed by atoms with van der Waals surface area (Å²) in [5.74, 6) is 3.41. The van der Waals surface area contributed by atoms with Crippen LogP contribution in [-0.4, -0.2) is 22.4 Å². The van der Waals surface area contributed by atoms with E-state index < -0.39 is 0 Å². The third-order valence-corrected chi connectivity index (χ3v) is 8.28. The number of hydrogen-bond donors (Lipinski definition) is 2. The van der Waals surface area contributed by atoms with Crippen molar-refractivity contribution in [1.29, 1.82) is 0 Å². The number of aliphatic hydroxyl groups excluding tert-OH is 2. The van der Waals surface area contributed by atoms with Crippen LogP contribution in [0.15, 0.2) is 0 Å². The molecule has 140 valence electrons. The summed E-state index contributed by atoms with van der Waals surface area (Å²) in [4.78, 5) is 0. The van der Waals surface area contributed by atoms with E-state index in [2.05, 4.69) is 20.8 Å². The normalized spacial score (nSPS) is 42.9. The van der Waals surface area contributed by atoms with Crippen LogP contribution in [0.4, 0.5) is 0 Å². The molecule has 0 aromatic heterocycles. The zero-order valence-electron chi connectivity index (χ0n) is 16.2. The predicted molar refractivity (Wildman–Crippen MR) is 99.7 cm³/mol. The van der Waals surface area contributed by atoms with Crippen molar-refractivity contribution in [3.05, 3.63) is 0 Å². The van der Waals surface area contributed by atoms with E-state index in [0.717, 1.165) is 37.0 Å². The molecule has 0 amide bonds. The molecule has 2 heteroatoms. The summed E-state index contributed by atoms with van der Waals surface area (Å²) in [7, 11) is 0. The van der Waals surface area contributed by atoms with Crippen LogP contribution >= 0.6 is 0 Å². The molecule has 4 unspecified atom stereocenters. The Kier molecular flexibility index (Phi) is 5.97. The molecule has 3 fully saturated rings. The Balaban J connectivity index is 1.70. The lowest BCUT2D eigenvalue weighted by atomic mass is 9.54. The van der Waals surface area contributed by atoms with Gasteiger partial charge in [-0.3, -0.25) is 0 Å². The Labute approximate surface area is 149 Å². The van der Waals surface area contributed by atoms with Crippen LogP contribution in [0.5, 0.6) is 0 Å². The average Bonchev–Trinajstić information content (AvgIpc) is 2.56. The van der Waals surface area contributed by atoms with Crippen molar-refractivity contribution in [2.45, 2.75) is 104 Å². The van der Waals surface area contributed by atoms with Crippen LogP contribution in [-0.2, 0) is 0 Å². The number of rotatable bonds is 3. The molecule has 3 aliphatic carbocycles. The van der Waals surface area contributed by atoms with Gasteiger partial charge in [-0.2, -0.15) is 0 Å². The fourth-order valence-corrected chi connectivity index (χ4v) is 6.63. The molecule has 0 bridgehead atoms. The van der Waals surface area contributed by atoms with Gasteiger partial charge in [0.2, 0.25) is 0 Å². The maximum Gasteiger partial charge on any atom is 0.0573 e. The van der Waals surface area contributed by atoms with Crippen LogP contribution in [0.25, 0.3) is 0 Å². The predicted octanol–water partition coefficient (Wildman–Crippen LogP) is 5.17. The molecule has 0 radical (unpaired) electrons. The summed E-state index contributed by atoms with van der Waals surface area (Å²) < 4.78 is 0. The standard InChI is InChI=1S/C22H40O2/c1-15-13-21(24)19(16-7-5-4-6-8-16)14-20(15)22(2,3)17-9-11-18(23)12-10-17/h15-21,23-24H,4-14H2,1-3H3. The van der Waals surface area contributed by atoms with E-state index >= 15 is 0 Å². The fraction of sp³-hybridized carbons (Fsp3) is 1.00. The van der Waals surface area contributed by atoms with E-state index in [9.17, 15) is 10.2 Å². The Bertz CT molecular complexity index is 391. The van der Waals surface area contributed by atoms with E-state index in [4.69, 9.17) is 0 Å². The van der Waals surface area contributed by atoms with Gasteiger partial charge in [0.15, 0.2) is 0 Å². The van der Waals surface area contributed by atoms with Crippen LogP contribution in [0.1, 0.15) is 91.4 Å². The van der Waals surface area contributed by atoms with Crippen LogP contribution in [0.2, 0.25) is 0 Å². The van der Waals surface area contributed by atoms with E-state index in [1.165, 1.54) is 51.4 Å².